The summed E-state index contributed by atoms with van der Waals surface area (Å²) in [7, 11) is 0. The predicted octanol–water partition coefficient (Wildman–Crippen LogP) is 5.87. The van der Waals surface area contributed by atoms with E-state index in [0.29, 0.717) is 6.42 Å². The van der Waals surface area contributed by atoms with Gasteiger partial charge in [0, 0.05) is 5.38 Å². The van der Waals surface area contributed by atoms with Crippen LogP contribution >= 0.6 is 11.6 Å². The monoisotopic (exact) mass is 288 g/mol. The molecule has 0 saturated heterocycles. The molecule has 1 rings (SSSR count). The summed E-state index contributed by atoms with van der Waals surface area (Å²) in [5.74, 6) is -1.59. The lowest BCUT2D eigenvalue weighted by atomic mass is 10.0. The van der Waals surface area contributed by atoms with Crippen molar-refractivity contribution in [3.8, 4) is 0 Å². The zero-order valence-corrected chi connectivity index (χ0v) is 12.4. The zero-order chi connectivity index (χ0) is 14.1. The van der Waals surface area contributed by atoms with Crippen LogP contribution in [0.5, 0.6) is 0 Å². The highest BCUT2D eigenvalue weighted by Crippen LogP contribution is 2.17. The molecule has 0 bridgehead atoms. The molecule has 0 nitrogen and oxygen atoms in total. The molecule has 1 aromatic carbocycles. The largest absolute Gasteiger partial charge is 0.204 e. The maximum atomic E-state index is 13.0. The van der Waals surface area contributed by atoms with Crippen LogP contribution in [0.1, 0.15) is 57.4 Å². The van der Waals surface area contributed by atoms with Crippen LogP contribution in [0.2, 0.25) is 0 Å². The van der Waals surface area contributed by atoms with Crippen molar-refractivity contribution in [1.29, 1.82) is 0 Å². The first-order valence-corrected chi connectivity index (χ1v) is 7.65. The van der Waals surface area contributed by atoms with Gasteiger partial charge >= 0.3 is 0 Å². The Morgan fingerprint density at radius 2 is 1.68 bits per heavy atom. The lowest BCUT2D eigenvalue weighted by molar-refractivity contribution is 0.506. The zero-order valence-electron chi connectivity index (χ0n) is 11.6. The van der Waals surface area contributed by atoms with Crippen LogP contribution in [0, 0.1) is 11.6 Å². The Bertz CT molecular complexity index is 366. The fourth-order valence-electron chi connectivity index (χ4n) is 2.17. The lowest BCUT2D eigenvalue weighted by Crippen LogP contribution is -2.04. The third-order valence-electron chi connectivity index (χ3n) is 3.31. The molecule has 0 N–H and O–H groups in total. The van der Waals surface area contributed by atoms with Gasteiger partial charge in [-0.05, 0) is 30.5 Å². The van der Waals surface area contributed by atoms with E-state index < -0.39 is 11.6 Å². The number of benzene rings is 1. The Balaban J connectivity index is 2.19. The van der Waals surface area contributed by atoms with E-state index in [2.05, 4.69) is 6.92 Å². The second kappa shape index (κ2) is 9.30. The van der Waals surface area contributed by atoms with Gasteiger partial charge in [0.25, 0.3) is 0 Å². The Morgan fingerprint density at radius 1 is 1.00 bits per heavy atom. The molecule has 3 heteroatoms. The summed E-state index contributed by atoms with van der Waals surface area (Å²) in [5.41, 5.74) is 0.768. The molecule has 1 atom stereocenters. The lowest BCUT2D eigenvalue weighted by Gasteiger charge is -2.09. The van der Waals surface area contributed by atoms with E-state index in [0.717, 1.165) is 18.4 Å². The molecule has 0 aliphatic rings. The van der Waals surface area contributed by atoms with Crippen LogP contribution in [0.15, 0.2) is 18.2 Å². The Hall–Kier alpha value is -0.630. The second-order valence-electron chi connectivity index (χ2n) is 5.11. The summed E-state index contributed by atoms with van der Waals surface area (Å²) in [5, 5.41) is 0.0102. The molecule has 0 radical (unpaired) electrons. The number of hydrogen-bond donors (Lipinski definition) is 0. The molecule has 0 spiro atoms. The van der Waals surface area contributed by atoms with E-state index in [1.54, 1.807) is 6.07 Å². The molecular weight excluding hydrogens is 266 g/mol. The molecule has 19 heavy (non-hydrogen) atoms. The van der Waals surface area contributed by atoms with Crippen LogP contribution in [-0.2, 0) is 6.42 Å². The summed E-state index contributed by atoms with van der Waals surface area (Å²) in [6, 6.07) is 4.01. The molecule has 108 valence electrons. The second-order valence-corrected chi connectivity index (χ2v) is 5.72. The number of unbranched alkanes of at least 4 members (excludes halogenated alkanes) is 5. The summed E-state index contributed by atoms with van der Waals surface area (Å²) in [4.78, 5) is 0. The highest BCUT2D eigenvalue weighted by Gasteiger charge is 2.08. The topological polar surface area (TPSA) is 0 Å². The van der Waals surface area contributed by atoms with Crippen molar-refractivity contribution >= 4 is 11.6 Å². The first-order valence-electron chi connectivity index (χ1n) is 7.21. The summed E-state index contributed by atoms with van der Waals surface area (Å²) < 4.78 is 25.8. The third kappa shape index (κ3) is 6.91. The summed E-state index contributed by atoms with van der Waals surface area (Å²) in [6.07, 6.45) is 8.99. The molecule has 0 fully saturated rings. The van der Waals surface area contributed by atoms with Crippen molar-refractivity contribution in [1.82, 2.24) is 0 Å². The normalized spacial score (nSPS) is 12.6. The van der Waals surface area contributed by atoms with E-state index in [4.69, 9.17) is 11.6 Å². The van der Waals surface area contributed by atoms with Crippen LogP contribution in [0.3, 0.4) is 0 Å². The van der Waals surface area contributed by atoms with Gasteiger partial charge in [-0.15, -0.1) is 11.6 Å². The minimum Gasteiger partial charge on any atom is -0.204 e. The summed E-state index contributed by atoms with van der Waals surface area (Å²) in [6.45, 7) is 2.20. The van der Waals surface area contributed by atoms with Crippen molar-refractivity contribution in [2.75, 3.05) is 0 Å². The number of alkyl halides is 1. The van der Waals surface area contributed by atoms with E-state index >= 15 is 0 Å². The standard InChI is InChI=1S/C16H23ClF2/c1-2-3-4-5-6-7-8-14(17)11-13-9-10-15(18)16(19)12-13/h9-10,12,14H,2-8,11H2,1H3. The molecule has 0 aliphatic heterocycles. The van der Waals surface area contributed by atoms with Gasteiger partial charge in [0.2, 0.25) is 0 Å². The molecule has 0 aliphatic carbocycles. The third-order valence-corrected chi connectivity index (χ3v) is 3.68. The first kappa shape index (κ1) is 16.4. The number of rotatable bonds is 9. The van der Waals surface area contributed by atoms with Crippen molar-refractivity contribution in [3.05, 3.63) is 35.4 Å². The first-order chi connectivity index (χ1) is 9.13. The molecular formula is C16H23ClF2. The maximum absolute atomic E-state index is 13.0. The molecule has 0 saturated carbocycles. The molecule has 0 amide bonds. The van der Waals surface area contributed by atoms with Crippen LogP contribution in [-0.4, -0.2) is 5.38 Å². The Morgan fingerprint density at radius 3 is 2.37 bits per heavy atom. The average molecular weight is 289 g/mol. The van der Waals surface area contributed by atoms with Gasteiger partial charge in [-0.2, -0.15) is 0 Å². The number of halogens is 3. The molecule has 1 unspecified atom stereocenters. The van der Waals surface area contributed by atoms with E-state index in [-0.39, 0.29) is 5.38 Å². The smallest absolute Gasteiger partial charge is 0.159 e. The highest BCUT2D eigenvalue weighted by molar-refractivity contribution is 6.20. The van der Waals surface area contributed by atoms with Crippen LogP contribution in [0.25, 0.3) is 0 Å². The number of hydrogen-bond acceptors (Lipinski definition) is 0. The molecule has 0 aromatic heterocycles. The van der Waals surface area contributed by atoms with Crippen molar-refractivity contribution < 1.29 is 8.78 Å². The predicted molar refractivity (Wildman–Crippen MR) is 77.7 cm³/mol. The molecule has 1 aromatic rings. The van der Waals surface area contributed by atoms with Gasteiger partial charge < -0.3 is 0 Å². The van der Waals surface area contributed by atoms with Gasteiger partial charge in [0.1, 0.15) is 0 Å². The Labute approximate surface area is 120 Å². The van der Waals surface area contributed by atoms with Gasteiger partial charge in [-0.25, -0.2) is 8.78 Å². The molecule has 0 heterocycles. The fraction of sp³-hybridized carbons (Fsp3) is 0.625. The van der Waals surface area contributed by atoms with Crippen LogP contribution in [0.4, 0.5) is 8.78 Å². The Kier molecular flexibility index (Phi) is 8.04. The maximum Gasteiger partial charge on any atom is 0.159 e. The van der Waals surface area contributed by atoms with Crippen molar-refractivity contribution in [2.45, 2.75) is 63.7 Å². The summed E-state index contributed by atoms with van der Waals surface area (Å²) >= 11 is 6.23. The van der Waals surface area contributed by atoms with Gasteiger partial charge in [-0.1, -0.05) is 51.5 Å². The SMILES string of the molecule is CCCCCCCCC(Cl)Cc1ccc(F)c(F)c1. The minimum atomic E-state index is -0.800. The van der Waals surface area contributed by atoms with E-state index in [1.165, 1.54) is 44.2 Å². The van der Waals surface area contributed by atoms with Gasteiger partial charge in [0.05, 0.1) is 0 Å². The van der Waals surface area contributed by atoms with Crippen molar-refractivity contribution in [3.63, 3.8) is 0 Å². The van der Waals surface area contributed by atoms with E-state index in [1.807, 2.05) is 0 Å². The van der Waals surface area contributed by atoms with Gasteiger partial charge in [0.15, 0.2) is 11.6 Å². The minimum absolute atomic E-state index is 0.0102. The fourth-order valence-corrected chi connectivity index (χ4v) is 2.50. The van der Waals surface area contributed by atoms with Gasteiger partial charge in [-0.3, -0.25) is 0 Å². The quantitative estimate of drug-likeness (QED) is 0.394. The average Bonchev–Trinajstić information content (AvgIpc) is 2.38. The highest BCUT2D eigenvalue weighted by atomic mass is 35.5. The van der Waals surface area contributed by atoms with Crippen LogP contribution < -0.4 is 0 Å². The van der Waals surface area contributed by atoms with Crippen molar-refractivity contribution in [2.24, 2.45) is 0 Å². The van der Waals surface area contributed by atoms with E-state index in [9.17, 15) is 8.78 Å².